The highest BCUT2D eigenvalue weighted by atomic mass is 16.5. The van der Waals surface area contributed by atoms with Crippen molar-refractivity contribution in [2.45, 2.75) is 12.5 Å². The van der Waals surface area contributed by atoms with Crippen molar-refractivity contribution < 1.29 is 14.3 Å². The standard InChI is InChI=1S/C19H22N2O3/c20-10-9-18-14-21(11-12-23-18)19(22)15-5-4-8-17(13-15)24-16-6-2-1-3-7-16/h1-8,13,18H,9-12,14,20H2. The summed E-state index contributed by atoms with van der Waals surface area (Å²) in [6.45, 7) is 2.30. The second-order valence-electron chi connectivity index (χ2n) is 5.76. The maximum absolute atomic E-state index is 12.7. The van der Waals surface area contributed by atoms with Crippen molar-refractivity contribution in [1.82, 2.24) is 4.90 Å². The zero-order valence-corrected chi connectivity index (χ0v) is 13.6. The number of morpholine rings is 1. The highest BCUT2D eigenvalue weighted by Gasteiger charge is 2.24. The lowest BCUT2D eigenvalue weighted by Gasteiger charge is -2.33. The normalized spacial score (nSPS) is 17.5. The van der Waals surface area contributed by atoms with E-state index < -0.39 is 0 Å². The SMILES string of the molecule is NCCC1CN(C(=O)c2cccc(Oc3ccccc3)c2)CCO1. The summed E-state index contributed by atoms with van der Waals surface area (Å²) in [7, 11) is 0. The van der Waals surface area contributed by atoms with Crippen molar-refractivity contribution in [3.8, 4) is 11.5 Å². The van der Waals surface area contributed by atoms with Crippen LogP contribution in [0, 0.1) is 0 Å². The number of hydrogen-bond acceptors (Lipinski definition) is 4. The molecule has 3 rings (SSSR count). The molecule has 1 aliphatic heterocycles. The van der Waals surface area contributed by atoms with Gasteiger partial charge in [-0.2, -0.15) is 0 Å². The van der Waals surface area contributed by atoms with Crippen molar-refractivity contribution in [2.75, 3.05) is 26.2 Å². The van der Waals surface area contributed by atoms with Gasteiger partial charge in [0.1, 0.15) is 11.5 Å². The van der Waals surface area contributed by atoms with Gasteiger partial charge in [0, 0.05) is 18.7 Å². The van der Waals surface area contributed by atoms with E-state index >= 15 is 0 Å². The number of hydrogen-bond donors (Lipinski definition) is 1. The van der Waals surface area contributed by atoms with Crippen molar-refractivity contribution in [2.24, 2.45) is 5.73 Å². The topological polar surface area (TPSA) is 64.8 Å². The molecule has 0 aliphatic carbocycles. The van der Waals surface area contributed by atoms with Gasteiger partial charge in [-0.15, -0.1) is 0 Å². The summed E-state index contributed by atoms with van der Waals surface area (Å²) in [6.07, 6.45) is 0.789. The van der Waals surface area contributed by atoms with Gasteiger partial charge in [0.25, 0.3) is 5.91 Å². The van der Waals surface area contributed by atoms with Crippen LogP contribution in [0.25, 0.3) is 0 Å². The van der Waals surface area contributed by atoms with Gasteiger partial charge < -0.3 is 20.1 Å². The van der Waals surface area contributed by atoms with E-state index in [1.807, 2.05) is 53.4 Å². The number of carbonyl (C=O) groups is 1. The van der Waals surface area contributed by atoms with E-state index in [-0.39, 0.29) is 12.0 Å². The molecule has 24 heavy (non-hydrogen) atoms. The first-order valence-corrected chi connectivity index (χ1v) is 8.20. The summed E-state index contributed by atoms with van der Waals surface area (Å²) in [5.74, 6) is 1.40. The molecule has 2 N–H and O–H groups in total. The fourth-order valence-corrected chi connectivity index (χ4v) is 2.76. The molecular weight excluding hydrogens is 304 g/mol. The van der Waals surface area contributed by atoms with Crippen LogP contribution in [-0.4, -0.2) is 43.2 Å². The molecule has 5 heteroatoms. The van der Waals surface area contributed by atoms with Gasteiger partial charge >= 0.3 is 0 Å². The number of nitrogens with two attached hydrogens (primary N) is 1. The molecule has 2 aromatic carbocycles. The Hall–Kier alpha value is -2.37. The first kappa shape index (κ1) is 16.5. The number of ether oxygens (including phenoxy) is 2. The largest absolute Gasteiger partial charge is 0.457 e. The molecule has 0 saturated carbocycles. The smallest absolute Gasteiger partial charge is 0.254 e. The molecule has 0 radical (unpaired) electrons. The van der Waals surface area contributed by atoms with Crippen LogP contribution in [0.5, 0.6) is 11.5 Å². The molecule has 0 bridgehead atoms. The maximum atomic E-state index is 12.7. The first-order valence-electron chi connectivity index (χ1n) is 8.20. The average molecular weight is 326 g/mol. The van der Waals surface area contributed by atoms with Gasteiger partial charge in [-0.3, -0.25) is 4.79 Å². The molecular formula is C19H22N2O3. The van der Waals surface area contributed by atoms with E-state index in [2.05, 4.69) is 0 Å². The Kier molecular flexibility index (Phi) is 5.46. The van der Waals surface area contributed by atoms with Gasteiger partial charge in [0.2, 0.25) is 0 Å². The molecule has 1 heterocycles. The molecule has 1 unspecified atom stereocenters. The Bertz CT molecular complexity index is 673. The molecule has 1 amide bonds. The summed E-state index contributed by atoms with van der Waals surface area (Å²) in [5.41, 5.74) is 6.21. The Morgan fingerprint density at radius 1 is 1.17 bits per heavy atom. The van der Waals surface area contributed by atoms with Gasteiger partial charge in [0.15, 0.2) is 0 Å². The lowest BCUT2D eigenvalue weighted by atomic mass is 10.1. The van der Waals surface area contributed by atoms with E-state index in [0.29, 0.717) is 37.6 Å². The number of carbonyl (C=O) groups excluding carboxylic acids is 1. The third-order valence-corrected chi connectivity index (χ3v) is 3.97. The zero-order chi connectivity index (χ0) is 16.8. The first-order chi connectivity index (χ1) is 11.8. The Labute approximate surface area is 142 Å². The predicted octanol–water partition coefficient (Wildman–Crippen LogP) is 2.67. The van der Waals surface area contributed by atoms with E-state index in [0.717, 1.165) is 12.2 Å². The second kappa shape index (κ2) is 7.95. The number of benzene rings is 2. The fourth-order valence-electron chi connectivity index (χ4n) is 2.76. The molecule has 1 aliphatic rings. The highest BCUT2D eigenvalue weighted by Crippen LogP contribution is 2.23. The lowest BCUT2D eigenvalue weighted by molar-refractivity contribution is -0.0236. The molecule has 1 fully saturated rings. The second-order valence-corrected chi connectivity index (χ2v) is 5.76. The number of nitrogens with zero attached hydrogens (tertiary/aromatic N) is 1. The third kappa shape index (κ3) is 4.13. The van der Waals surface area contributed by atoms with Gasteiger partial charge in [-0.25, -0.2) is 0 Å². The summed E-state index contributed by atoms with van der Waals surface area (Å²) < 4.78 is 11.4. The Balaban J connectivity index is 1.70. The number of amides is 1. The van der Waals surface area contributed by atoms with Crippen molar-refractivity contribution in [3.05, 3.63) is 60.2 Å². The van der Waals surface area contributed by atoms with E-state index in [1.54, 1.807) is 6.07 Å². The quantitative estimate of drug-likeness (QED) is 0.917. The van der Waals surface area contributed by atoms with Gasteiger partial charge in [0.05, 0.1) is 12.7 Å². The fraction of sp³-hybridized carbons (Fsp3) is 0.316. The molecule has 0 aromatic heterocycles. The molecule has 1 saturated heterocycles. The summed E-state index contributed by atoms with van der Waals surface area (Å²) in [4.78, 5) is 14.6. The van der Waals surface area contributed by atoms with Crippen LogP contribution in [0.2, 0.25) is 0 Å². The number of rotatable bonds is 5. The molecule has 0 spiro atoms. The minimum atomic E-state index is -0.00108. The minimum Gasteiger partial charge on any atom is -0.457 e. The highest BCUT2D eigenvalue weighted by molar-refractivity contribution is 5.94. The summed E-state index contributed by atoms with van der Waals surface area (Å²) >= 11 is 0. The molecule has 126 valence electrons. The monoisotopic (exact) mass is 326 g/mol. The van der Waals surface area contributed by atoms with Crippen LogP contribution in [0.1, 0.15) is 16.8 Å². The van der Waals surface area contributed by atoms with Crippen molar-refractivity contribution >= 4 is 5.91 Å². The Morgan fingerprint density at radius 3 is 2.75 bits per heavy atom. The van der Waals surface area contributed by atoms with Crippen molar-refractivity contribution in [1.29, 1.82) is 0 Å². The molecule has 5 nitrogen and oxygen atoms in total. The van der Waals surface area contributed by atoms with Gasteiger partial charge in [-0.05, 0) is 43.3 Å². The van der Waals surface area contributed by atoms with E-state index in [1.165, 1.54) is 0 Å². The predicted molar refractivity (Wildman–Crippen MR) is 92.3 cm³/mol. The Morgan fingerprint density at radius 2 is 1.96 bits per heavy atom. The van der Waals surface area contributed by atoms with Crippen LogP contribution < -0.4 is 10.5 Å². The van der Waals surface area contributed by atoms with Crippen LogP contribution in [0.15, 0.2) is 54.6 Å². The van der Waals surface area contributed by atoms with Crippen molar-refractivity contribution in [3.63, 3.8) is 0 Å². The van der Waals surface area contributed by atoms with Crippen LogP contribution in [0.3, 0.4) is 0 Å². The summed E-state index contributed by atoms with van der Waals surface area (Å²) in [5, 5.41) is 0. The lowest BCUT2D eigenvalue weighted by Crippen LogP contribution is -2.46. The molecule has 1 atom stereocenters. The van der Waals surface area contributed by atoms with E-state index in [4.69, 9.17) is 15.2 Å². The maximum Gasteiger partial charge on any atom is 0.254 e. The zero-order valence-electron chi connectivity index (χ0n) is 13.6. The third-order valence-electron chi connectivity index (χ3n) is 3.97. The summed E-state index contributed by atoms with van der Waals surface area (Å²) in [6, 6.07) is 16.8. The number of para-hydroxylation sites is 1. The molecule has 2 aromatic rings. The van der Waals surface area contributed by atoms with Crippen LogP contribution >= 0.6 is 0 Å². The average Bonchev–Trinajstić information content (AvgIpc) is 2.63. The van der Waals surface area contributed by atoms with Crippen LogP contribution in [-0.2, 0) is 4.74 Å². The van der Waals surface area contributed by atoms with E-state index in [9.17, 15) is 4.79 Å². The van der Waals surface area contributed by atoms with Crippen LogP contribution in [0.4, 0.5) is 0 Å². The van der Waals surface area contributed by atoms with Gasteiger partial charge in [-0.1, -0.05) is 24.3 Å². The minimum absolute atomic E-state index is 0.00108.